The van der Waals surface area contributed by atoms with E-state index in [-0.39, 0.29) is 48.7 Å². The van der Waals surface area contributed by atoms with Crippen LogP contribution in [0.25, 0.3) is 0 Å². The van der Waals surface area contributed by atoms with Crippen molar-refractivity contribution in [1.82, 2.24) is 0 Å². The van der Waals surface area contributed by atoms with E-state index in [1.54, 1.807) is 7.05 Å². The summed E-state index contributed by atoms with van der Waals surface area (Å²) in [5, 5.41) is 0. The first-order valence-corrected chi connectivity index (χ1v) is 3.36. The van der Waals surface area contributed by atoms with Crippen molar-refractivity contribution in [3.8, 4) is 0 Å². The summed E-state index contributed by atoms with van der Waals surface area (Å²) < 4.78 is 0. The van der Waals surface area contributed by atoms with Gasteiger partial charge in [0, 0.05) is 48.3 Å². The minimum Gasteiger partial charge on any atom is -0.358 e. The van der Waals surface area contributed by atoms with Crippen LogP contribution in [-0.2, 0) is 0 Å². The molecule has 1 aromatic carbocycles. The number of benzene rings is 1. The van der Waals surface area contributed by atoms with Gasteiger partial charge in [0.1, 0.15) is 0 Å². The fourth-order valence-electron chi connectivity index (χ4n) is 0.747. The van der Waals surface area contributed by atoms with Crippen LogP contribution in [0.4, 0.5) is 5.69 Å². The minimum absolute atomic E-state index is 0. The molecule has 13 heavy (non-hydrogen) atoms. The van der Waals surface area contributed by atoms with Gasteiger partial charge in [0.05, 0.1) is 6.01 Å². The molecule has 0 unspecified atom stereocenters. The van der Waals surface area contributed by atoms with Crippen molar-refractivity contribution in [1.29, 1.82) is 0 Å². The summed E-state index contributed by atoms with van der Waals surface area (Å²) in [6, 6.07) is 11.2. The molecule has 67 valence electrons. The Morgan fingerprint density at radius 1 is 1.46 bits per heavy atom. The van der Waals surface area contributed by atoms with Gasteiger partial charge in [-0.3, -0.25) is 0 Å². The van der Waals surface area contributed by atoms with Gasteiger partial charge in [0.15, 0.2) is 0 Å². The van der Waals surface area contributed by atoms with Crippen LogP contribution in [0.2, 0.25) is 0 Å². The van der Waals surface area contributed by atoms with Crippen LogP contribution in [0.15, 0.2) is 28.2 Å². The zero-order valence-corrected chi connectivity index (χ0v) is 11.9. The summed E-state index contributed by atoms with van der Waals surface area (Å²) >= 11 is 0. The number of hydrogen-bond acceptors (Lipinski definition) is 2. The smallest absolute Gasteiger partial charge is 0.0924 e. The zero-order valence-electron chi connectivity index (χ0n) is 8.20. The molecule has 0 spiro atoms. The number of nitrogens with zero attached hydrogens (tertiary/aromatic N) is 2. The summed E-state index contributed by atoms with van der Waals surface area (Å²) in [6.45, 7) is 1.97. The largest absolute Gasteiger partial charge is 0.358 e. The van der Waals surface area contributed by atoms with Gasteiger partial charge in [-0.2, -0.15) is 17.7 Å². The first-order chi connectivity index (χ1) is 5.33. The van der Waals surface area contributed by atoms with Crippen molar-refractivity contribution in [3.05, 3.63) is 37.3 Å². The molecule has 0 atom stereocenters. The van der Waals surface area contributed by atoms with E-state index < -0.39 is 0 Å². The molecule has 0 amide bonds. The van der Waals surface area contributed by atoms with Gasteiger partial charge < -0.3 is 7.43 Å². The van der Waals surface area contributed by atoms with Gasteiger partial charge in [-0.25, -0.2) is 9.98 Å². The van der Waals surface area contributed by atoms with Gasteiger partial charge in [-0.1, -0.05) is 6.92 Å². The molecule has 2 nitrogen and oxygen atoms in total. The standard InChI is InChI=1S/C9H9N2.CH3.Pr/c1-8-4-3-5-9(6-8)11-7-10-2;;/h3,5-6H,1-2H3;1H3;/q2*-1;. The number of aryl methyl sites for hydroxylation is 1. The molecule has 0 saturated carbocycles. The fourth-order valence-corrected chi connectivity index (χ4v) is 0.747. The summed E-state index contributed by atoms with van der Waals surface area (Å²) in [7, 11) is 1.64. The van der Waals surface area contributed by atoms with Crippen molar-refractivity contribution in [2.75, 3.05) is 7.05 Å². The van der Waals surface area contributed by atoms with Crippen LogP contribution < -0.4 is 0 Å². The molecule has 0 aromatic heterocycles. The molecule has 0 bridgehead atoms. The quantitative estimate of drug-likeness (QED) is 0.563. The van der Waals surface area contributed by atoms with Crippen LogP contribution in [0, 0.1) is 61.7 Å². The third-order valence-electron chi connectivity index (χ3n) is 1.21. The normalized spacial score (nSPS) is 7.23. The summed E-state index contributed by atoms with van der Waals surface area (Å²) in [5.41, 5.74) is 1.94. The van der Waals surface area contributed by atoms with Crippen LogP contribution in [-0.4, -0.2) is 13.1 Å². The monoisotopic (exact) mass is 301 g/mol. The predicted molar refractivity (Wildman–Crippen MR) is 51.9 cm³/mol. The third-order valence-corrected chi connectivity index (χ3v) is 1.21. The third kappa shape index (κ3) is 6.09. The number of rotatable bonds is 1. The molecular weight excluding hydrogens is 289 g/mol. The van der Waals surface area contributed by atoms with Gasteiger partial charge >= 0.3 is 0 Å². The molecule has 0 heterocycles. The van der Waals surface area contributed by atoms with Crippen molar-refractivity contribution >= 4 is 11.7 Å². The van der Waals surface area contributed by atoms with E-state index in [0.29, 0.717) is 0 Å². The maximum atomic E-state index is 3.95. The van der Waals surface area contributed by atoms with E-state index in [2.05, 4.69) is 22.1 Å². The Kier molecular flexibility index (Phi) is 10.2. The average Bonchev–Trinajstić information content (AvgIpc) is 2.01. The molecule has 3 heteroatoms. The second-order valence-electron chi connectivity index (χ2n) is 2.17. The fraction of sp³-hybridized carbons (Fsp3) is 0.200. The molecule has 0 aliphatic heterocycles. The van der Waals surface area contributed by atoms with Crippen molar-refractivity contribution < 1.29 is 41.3 Å². The first kappa shape index (κ1) is 15.4. The Labute approximate surface area is 113 Å². The molecule has 1 aromatic rings. The molecule has 0 fully saturated rings. The molecule has 1 rings (SSSR count). The first-order valence-electron chi connectivity index (χ1n) is 3.36. The van der Waals surface area contributed by atoms with E-state index in [0.717, 1.165) is 11.3 Å². The predicted octanol–water partition coefficient (Wildman–Crippen LogP) is 2.68. The van der Waals surface area contributed by atoms with Crippen LogP contribution >= 0.6 is 0 Å². The number of aliphatic imine (C=N–C) groups is 2. The topological polar surface area (TPSA) is 24.7 Å². The van der Waals surface area contributed by atoms with E-state index in [1.165, 1.54) is 0 Å². The van der Waals surface area contributed by atoms with Crippen LogP contribution in [0.3, 0.4) is 0 Å². The second-order valence-corrected chi connectivity index (χ2v) is 2.17. The molecule has 0 aliphatic rings. The molecule has 0 N–H and O–H groups in total. The Balaban J connectivity index is 0. The van der Waals surface area contributed by atoms with Crippen molar-refractivity contribution in [3.63, 3.8) is 0 Å². The second kappa shape index (κ2) is 8.56. The SMILES string of the molecule is CN=C=Nc1cc[c-]c(C)c1.[CH3-].[Pr]. The molecule has 0 aliphatic carbocycles. The average molecular weight is 301 g/mol. The molecule has 1 radical (unpaired) electrons. The van der Waals surface area contributed by atoms with E-state index in [1.807, 2.05) is 25.1 Å². The van der Waals surface area contributed by atoms with E-state index in [9.17, 15) is 0 Å². The van der Waals surface area contributed by atoms with Gasteiger partial charge in [0.25, 0.3) is 0 Å². The summed E-state index contributed by atoms with van der Waals surface area (Å²) in [5.74, 6) is 0. The van der Waals surface area contributed by atoms with Crippen LogP contribution in [0.5, 0.6) is 0 Å². The summed E-state index contributed by atoms with van der Waals surface area (Å²) in [4.78, 5) is 7.58. The van der Waals surface area contributed by atoms with Crippen molar-refractivity contribution in [2.45, 2.75) is 6.92 Å². The van der Waals surface area contributed by atoms with Gasteiger partial charge in [0.2, 0.25) is 0 Å². The summed E-state index contributed by atoms with van der Waals surface area (Å²) in [6.07, 6.45) is 0. The zero-order chi connectivity index (χ0) is 8.10. The maximum Gasteiger partial charge on any atom is 0.0924 e. The van der Waals surface area contributed by atoms with E-state index in [4.69, 9.17) is 0 Å². The molecular formula is C10H12N2Pr-2. The van der Waals surface area contributed by atoms with E-state index >= 15 is 0 Å². The van der Waals surface area contributed by atoms with Crippen molar-refractivity contribution in [2.24, 2.45) is 9.98 Å². The number of hydrogen-bond donors (Lipinski definition) is 0. The van der Waals surface area contributed by atoms with Gasteiger partial charge in [-0.15, -0.1) is 12.1 Å². The Morgan fingerprint density at radius 2 is 2.15 bits per heavy atom. The Morgan fingerprint density at radius 3 is 2.69 bits per heavy atom. The Hall–Kier alpha value is -0.0364. The minimum atomic E-state index is 0. The molecule has 0 saturated heterocycles. The Bertz CT molecular complexity index is 302. The maximum absolute atomic E-state index is 3.95. The van der Waals surface area contributed by atoms with Gasteiger partial charge in [-0.05, 0) is 5.69 Å². The van der Waals surface area contributed by atoms with Crippen LogP contribution in [0.1, 0.15) is 5.56 Å².